The minimum absolute atomic E-state index is 0.0943. The Morgan fingerprint density at radius 3 is 2.52 bits per heavy atom. The molecule has 0 amide bonds. The van der Waals surface area contributed by atoms with Crippen molar-refractivity contribution < 1.29 is 14.3 Å². The van der Waals surface area contributed by atoms with Gasteiger partial charge >= 0.3 is 5.97 Å². The number of carboxylic acids is 1. The van der Waals surface area contributed by atoms with Gasteiger partial charge in [-0.2, -0.15) is 0 Å². The summed E-state index contributed by atoms with van der Waals surface area (Å²) in [5, 5.41) is 9.08. The number of anilines is 2. The summed E-state index contributed by atoms with van der Waals surface area (Å²) in [7, 11) is 0. The number of hydrogen-bond donors (Lipinski definition) is 1. The van der Waals surface area contributed by atoms with Crippen molar-refractivity contribution in [3.05, 3.63) is 54.1 Å². The molecule has 27 heavy (non-hydrogen) atoms. The van der Waals surface area contributed by atoms with Gasteiger partial charge in [-0.1, -0.05) is 12.1 Å². The summed E-state index contributed by atoms with van der Waals surface area (Å²) < 4.78 is 15.7. The molecule has 0 spiro atoms. The largest absolute Gasteiger partial charge is 0.480 e. The van der Waals surface area contributed by atoms with Gasteiger partial charge < -0.3 is 19.5 Å². The lowest BCUT2D eigenvalue weighted by molar-refractivity contribution is -0.137. The van der Waals surface area contributed by atoms with E-state index in [9.17, 15) is 9.18 Å². The summed E-state index contributed by atoms with van der Waals surface area (Å²) in [4.78, 5) is 19.9. The Bertz CT molecular complexity index is 993. The van der Waals surface area contributed by atoms with Crippen LogP contribution in [-0.2, 0) is 11.3 Å². The van der Waals surface area contributed by atoms with Crippen LogP contribution in [0, 0.1) is 12.7 Å². The molecule has 1 fully saturated rings. The molecule has 2 heterocycles. The second-order valence-electron chi connectivity index (χ2n) is 6.74. The van der Waals surface area contributed by atoms with Crippen molar-refractivity contribution in [2.45, 2.75) is 13.5 Å². The van der Waals surface area contributed by atoms with E-state index in [0.717, 1.165) is 42.9 Å². The average Bonchev–Trinajstić information content (AvgIpc) is 2.96. The van der Waals surface area contributed by atoms with Crippen molar-refractivity contribution in [2.24, 2.45) is 0 Å². The highest BCUT2D eigenvalue weighted by molar-refractivity contribution is 5.82. The number of aromatic nitrogens is 2. The van der Waals surface area contributed by atoms with Crippen LogP contribution < -0.4 is 9.80 Å². The maximum absolute atomic E-state index is 14.0. The molecular weight excluding hydrogens is 347 g/mol. The first-order valence-electron chi connectivity index (χ1n) is 8.96. The molecule has 0 unspecified atom stereocenters. The molecule has 0 radical (unpaired) electrons. The van der Waals surface area contributed by atoms with Gasteiger partial charge in [0.2, 0.25) is 0 Å². The van der Waals surface area contributed by atoms with Gasteiger partial charge in [0.25, 0.3) is 0 Å². The number of rotatable bonds is 4. The van der Waals surface area contributed by atoms with E-state index in [1.807, 2.05) is 37.3 Å². The topological polar surface area (TPSA) is 61.6 Å². The lowest BCUT2D eigenvalue weighted by atomic mass is 10.2. The highest BCUT2D eigenvalue weighted by atomic mass is 19.1. The van der Waals surface area contributed by atoms with Gasteiger partial charge in [0.15, 0.2) is 0 Å². The molecule has 6 nitrogen and oxygen atoms in total. The van der Waals surface area contributed by atoms with Crippen LogP contribution in [0.2, 0.25) is 0 Å². The Labute approximate surface area is 156 Å². The summed E-state index contributed by atoms with van der Waals surface area (Å²) in [6.07, 6.45) is 0. The van der Waals surface area contributed by atoms with Gasteiger partial charge in [-0.25, -0.2) is 9.37 Å². The Balaban J connectivity index is 1.52. The number of aliphatic carboxylic acids is 1. The quantitative estimate of drug-likeness (QED) is 0.767. The summed E-state index contributed by atoms with van der Waals surface area (Å²) in [5.41, 5.74) is 3.32. The molecule has 1 aliphatic heterocycles. The third-order valence-electron chi connectivity index (χ3n) is 5.05. The molecule has 1 aliphatic rings. The molecule has 140 valence electrons. The fraction of sp³-hybridized carbons (Fsp3) is 0.300. The Kier molecular flexibility index (Phi) is 4.43. The number of aryl methyl sites for hydroxylation is 1. The number of carboxylic acid groups (broad SMARTS) is 1. The minimum atomic E-state index is -0.884. The molecule has 0 atom stereocenters. The third kappa shape index (κ3) is 3.32. The highest BCUT2D eigenvalue weighted by Gasteiger charge is 2.20. The molecular formula is C20H21FN4O2. The van der Waals surface area contributed by atoms with Crippen molar-refractivity contribution in [3.63, 3.8) is 0 Å². The van der Waals surface area contributed by atoms with Crippen molar-refractivity contribution in [2.75, 3.05) is 36.0 Å². The smallest absolute Gasteiger partial charge is 0.323 e. The Morgan fingerprint density at radius 2 is 1.81 bits per heavy atom. The zero-order valence-corrected chi connectivity index (χ0v) is 15.1. The monoisotopic (exact) mass is 368 g/mol. The van der Waals surface area contributed by atoms with Crippen molar-refractivity contribution >= 4 is 28.4 Å². The number of fused-ring (bicyclic) bond motifs is 1. The van der Waals surface area contributed by atoms with E-state index in [0.29, 0.717) is 11.5 Å². The number of halogens is 1. The molecule has 1 N–H and O–H groups in total. The van der Waals surface area contributed by atoms with Crippen LogP contribution in [0.4, 0.5) is 15.8 Å². The normalized spacial score (nSPS) is 14.7. The van der Waals surface area contributed by atoms with Crippen molar-refractivity contribution in [3.8, 4) is 0 Å². The standard InChI is InChI=1S/C20H21FN4O2/c1-14-22-17-12-15(6-7-19(17)25(14)13-20(26)27)23-8-10-24(11-9-23)18-5-3-2-4-16(18)21/h2-7,12H,8-11,13H2,1H3,(H,26,27). The SMILES string of the molecule is Cc1nc2cc(N3CCN(c4ccccc4F)CC3)ccc2n1CC(=O)O. The fourth-order valence-corrected chi connectivity index (χ4v) is 3.68. The number of piperazine rings is 1. The van der Waals surface area contributed by atoms with E-state index in [-0.39, 0.29) is 12.4 Å². The van der Waals surface area contributed by atoms with E-state index < -0.39 is 5.97 Å². The molecule has 4 rings (SSSR count). The summed E-state index contributed by atoms with van der Waals surface area (Å²) >= 11 is 0. The minimum Gasteiger partial charge on any atom is -0.480 e. The molecule has 0 saturated carbocycles. The first kappa shape index (κ1) is 17.3. The summed E-state index contributed by atoms with van der Waals surface area (Å²) in [5.74, 6) is -0.383. The van der Waals surface area contributed by atoms with Gasteiger partial charge in [0, 0.05) is 31.9 Å². The zero-order chi connectivity index (χ0) is 19.0. The van der Waals surface area contributed by atoms with Gasteiger partial charge in [-0.05, 0) is 37.3 Å². The molecule has 0 aliphatic carbocycles. The van der Waals surface area contributed by atoms with Crippen molar-refractivity contribution in [1.82, 2.24) is 9.55 Å². The Morgan fingerprint density at radius 1 is 1.11 bits per heavy atom. The average molecular weight is 368 g/mol. The molecule has 1 aromatic heterocycles. The predicted molar refractivity (Wildman–Crippen MR) is 103 cm³/mol. The number of nitrogens with zero attached hydrogens (tertiary/aromatic N) is 4. The van der Waals surface area contributed by atoms with Gasteiger partial charge in [-0.3, -0.25) is 4.79 Å². The third-order valence-corrected chi connectivity index (χ3v) is 5.05. The van der Waals surface area contributed by atoms with E-state index >= 15 is 0 Å². The van der Waals surface area contributed by atoms with Crippen LogP contribution in [0.3, 0.4) is 0 Å². The molecule has 2 aromatic carbocycles. The fourth-order valence-electron chi connectivity index (χ4n) is 3.68. The zero-order valence-electron chi connectivity index (χ0n) is 15.1. The first-order valence-corrected chi connectivity index (χ1v) is 8.96. The lowest BCUT2D eigenvalue weighted by Crippen LogP contribution is -2.46. The number of benzene rings is 2. The number of hydrogen-bond acceptors (Lipinski definition) is 4. The first-order chi connectivity index (χ1) is 13.0. The second-order valence-corrected chi connectivity index (χ2v) is 6.74. The molecule has 0 bridgehead atoms. The number of carbonyl (C=O) groups is 1. The van der Waals surface area contributed by atoms with Gasteiger partial charge in [-0.15, -0.1) is 0 Å². The maximum atomic E-state index is 14.0. The summed E-state index contributed by atoms with van der Waals surface area (Å²) in [6, 6.07) is 12.8. The lowest BCUT2D eigenvalue weighted by Gasteiger charge is -2.37. The van der Waals surface area contributed by atoms with Crippen LogP contribution >= 0.6 is 0 Å². The van der Waals surface area contributed by atoms with Crippen LogP contribution in [0.15, 0.2) is 42.5 Å². The van der Waals surface area contributed by atoms with Crippen LogP contribution in [0.5, 0.6) is 0 Å². The van der Waals surface area contributed by atoms with Crippen LogP contribution in [-0.4, -0.2) is 46.8 Å². The maximum Gasteiger partial charge on any atom is 0.323 e. The van der Waals surface area contributed by atoms with Crippen LogP contribution in [0.1, 0.15) is 5.82 Å². The highest BCUT2D eigenvalue weighted by Crippen LogP contribution is 2.26. The summed E-state index contributed by atoms with van der Waals surface area (Å²) in [6.45, 7) is 4.78. The number of para-hydroxylation sites is 1. The van der Waals surface area contributed by atoms with E-state index in [2.05, 4.69) is 14.8 Å². The predicted octanol–water partition coefficient (Wildman–Crippen LogP) is 2.90. The number of imidazole rings is 1. The Hall–Kier alpha value is -3.09. The van der Waals surface area contributed by atoms with Gasteiger partial charge in [0.05, 0.1) is 16.7 Å². The van der Waals surface area contributed by atoms with E-state index in [1.54, 1.807) is 10.6 Å². The van der Waals surface area contributed by atoms with E-state index in [1.165, 1.54) is 6.07 Å². The molecule has 1 saturated heterocycles. The van der Waals surface area contributed by atoms with Crippen LogP contribution in [0.25, 0.3) is 11.0 Å². The van der Waals surface area contributed by atoms with Gasteiger partial charge in [0.1, 0.15) is 18.2 Å². The molecule has 7 heteroatoms. The second kappa shape index (κ2) is 6.90. The van der Waals surface area contributed by atoms with E-state index in [4.69, 9.17) is 5.11 Å². The molecule has 3 aromatic rings. The van der Waals surface area contributed by atoms with Crippen molar-refractivity contribution in [1.29, 1.82) is 0 Å².